The highest BCUT2D eigenvalue weighted by molar-refractivity contribution is 6.09. The third kappa shape index (κ3) is 4.98. The molecular weight excluding hydrogens is 434 g/mol. The summed E-state index contributed by atoms with van der Waals surface area (Å²) in [6.07, 6.45) is 0.354. The van der Waals surface area contributed by atoms with Crippen LogP contribution in [0.25, 0.3) is 0 Å². The number of urea groups is 1. The summed E-state index contributed by atoms with van der Waals surface area (Å²) in [6.45, 7) is -2.17. The van der Waals surface area contributed by atoms with Crippen molar-refractivity contribution in [3.8, 4) is 5.75 Å². The summed E-state index contributed by atoms with van der Waals surface area (Å²) in [4.78, 5) is 37.8. The third-order valence-electron chi connectivity index (χ3n) is 4.93. The van der Waals surface area contributed by atoms with Gasteiger partial charge in [0, 0.05) is 12.1 Å². The Bertz CT molecular complexity index is 1030. The topological polar surface area (TPSA) is 87.7 Å². The molecule has 32 heavy (non-hydrogen) atoms. The van der Waals surface area contributed by atoms with Gasteiger partial charge in [0.05, 0.1) is 0 Å². The fraction of sp³-hybridized carbons (Fsp3) is 0.286. The second kappa shape index (κ2) is 9.25. The van der Waals surface area contributed by atoms with E-state index in [0.29, 0.717) is 11.3 Å². The van der Waals surface area contributed by atoms with Crippen molar-refractivity contribution >= 4 is 17.8 Å². The number of halogens is 4. The fourth-order valence-electron chi connectivity index (χ4n) is 3.29. The first-order chi connectivity index (χ1) is 15.1. The SMILES string of the molecule is CC1(c2cc(F)ccc2F)NC(=O)N(CC(=O)NCCc2ccc(OC(F)F)cc2)C1=O. The van der Waals surface area contributed by atoms with Crippen molar-refractivity contribution < 1.29 is 36.7 Å². The van der Waals surface area contributed by atoms with E-state index in [9.17, 15) is 31.9 Å². The molecule has 0 aliphatic carbocycles. The lowest BCUT2D eigenvalue weighted by Gasteiger charge is -2.22. The van der Waals surface area contributed by atoms with Crippen molar-refractivity contribution in [2.75, 3.05) is 13.1 Å². The van der Waals surface area contributed by atoms with Gasteiger partial charge in [0.1, 0.15) is 29.5 Å². The number of carbonyl (C=O) groups is 3. The lowest BCUT2D eigenvalue weighted by atomic mass is 9.91. The van der Waals surface area contributed by atoms with Crippen LogP contribution in [0.3, 0.4) is 0 Å². The monoisotopic (exact) mass is 453 g/mol. The molecule has 1 aliphatic rings. The van der Waals surface area contributed by atoms with Crippen LogP contribution in [0.5, 0.6) is 5.75 Å². The Kier molecular flexibility index (Phi) is 6.66. The van der Waals surface area contributed by atoms with Gasteiger partial charge in [-0.05, 0) is 49.2 Å². The van der Waals surface area contributed by atoms with Crippen LogP contribution in [-0.2, 0) is 21.5 Å². The smallest absolute Gasteiger partial charge is 0.387 e. The number of benzene rings is 2. The zero-order valence-corrected chi connectivity index (χ0v) is 16.8. The van der Waals surface area contributed by atoms with Gasteiger partial charge in [0.2, 0.25) is 5.91 Å². The van der Waals surface area contributed by atoms with E-state index in [-0.39, 0.29) is 17.9 Å². The van der Waals surface area contributed by atoms with Crippen LogP contribution in [0.2, 0.25) is 0 Å². The Morgan fingerprint density at radius 3 is 2.50 bits per heavy atom. The summed E-state index contributed by atoms with van der Waals surface area (Å²) in [5.74, 6) is -3.19. The molecule has 1 heterocycles. The Labute approximate surface area is 180 Å². The summed E-state index contributed by atoms with van der Waals surface area (Å²) < 4.78 is 56.3. The van der Waals surface area contributed by atoms with Gasteiger partial charge >= 0.3 is 12.6 Å². The Hall–Kier alpha value is -3.63. The highest BCUT2D eigenvalue weighted by Gasteiger charge is 2.50. The van der Waals surface area contributed by atoms with Gasteiger partial charge in [-0.1, -0.05) is 12.1 Å². The highest BCUT2D eigenvalue weighted by Crippen LogP contribution is 2.31. The molecule has 170 valence electrons. The number of amides is 4. The molecule has 2 aromatic carbocycles. The zero-order chi connectivity index (χ0) is 23.5. The Morgan fingerprint density at radius 1 is 1.16 bits per heavy atom. The van der Waals surface area contributed by atoms with Crippen LogP contribution in [0, 0.1) is 11.6 Å². The van der Waals surface area contributed by atoms with E-state index in [1.165, 1.54) is 19.1 Å². The first-order valence-electron chi connectivity index (χ1n) is 9.50. The van der Waals surface area contributed by atoms with E-state index in [1.807, 2.05) is 0 Å². The molecule has 0 radical (unpaired) electrons. The standard InChI is InChI=1S/C21H19F4N3O4/c1-21(15-10-13(22)4-7-16(15)23)18(30)28(20(31)27-21)11-17(29)26-9-8-12-2-5-14(6-3-12)32-19(24)25/h2-7,10,19H,8-9,11H2,1H3,(H,26,29)(H,27,31). The van der Waals surface area contributed by atoms with Gasteiger partial charge in [-0.25, -0.2) is 13.6 Å². The molecule has 2 N–H and O–H groups in total. The molecule has 7 nitrogen and oxygen atoms in total. The minimum atomic E-state index is -2.93. The molecule has 0 bridgehead atoms. The maximum Gasteiger partial charge on any atom is 0.387 e. The van der Waals surface area contributed by atoms with Gasteiger partial charge in [-0.3, -0.25) is 14.5 Å². The molecule has 1 aliphatic heterocycles. The van der Waals surface area contributed by atoms with Crippen LogP contribution in [0.15, 0.2) is 42.5 Å². The summed E-state index contributed by atoms with van der Waals surface area (Å²) in [5, 5.41) is 4.84. The number of carbonyl (C=O) groups excluding carboxylic acids is 3. The predicted octanol–water partition coefficient (Wildman–Crippen LogP) is 2.69. The molecule has 0 aromatic heterocycles. The average Bonchev–Trinajstić information content (AvgIpc) is 2.94. The van der Waals surface area contributed by atoms with Gasteiger partial charge in [0.25, 0.3) is 5.91 Å². The number of alkyl halides is 2. The summed E-state index contributed by atoms with van der Waals surface area (Å²) >= 11 is 0. The quantitative estimate of drug-likeness (QED) is 0.475. The second-order valence-electron chi connectivity index (χ2n) is 7.19. The molecule has 4 amide bonds. The van der Waals surface area contributed by atoms with Crippen molar-refractivity contribution in [3.63, 3.8) is 0 Å². The molecule has 1 unspecified atom stereocenters. The second-order valence-corrected chi connectivity index (χ2v) is 7.19. The van der Waals surface area contributed by atoms with Crippen LogP contribution in [0.1, 0.15) is 18.1 Å². The Balaban J connectivity index is 1.56. The van der Waals surface area contributed by atoms with E-state index in [4.69, 9.17) is 0 Å². The van der Waals surface area contributed by atoms with Gasteiger partial charge in [-0.15, -0.1) is 0 Å². The molecule has 0 spiro atoms. The van der Waals surface area contributed by atoms with Gasteiger partial charge in [-0.2, -0.15) is 8.78 Å². The number of nitrogens with one attached hydrogen (secondary N) is 2. The van der Waals surface area contributed by atoms with Crippen molar-refractivity contribution in [2.24, 2.45) is 0 Å². The normalized spacial score (nSPS) is 18.1. The summed E-state index contributed by atoms with van der Waals surface area (Å²) in [5.41, 5.74) is -1.47. The van der Waals surface area contributed by atoms with E-state index < -0.39 is 48.2 Å². The summed E-state index contributed by atoms with van der Waals surface area (Å²) in [6, 6.07) is 7.47. The van der Waals surface area contributed by atoms with Crippen molar-refractivity contribution in [1.82, 2.24) is 15.5 Å². The zero-order valence-electron chi connectivity index (χ0n) is 16.8. The molecule has 1 fully saturated rings. The minimum absolute atomic E-state index is 0.00382. The van der Waals surface area contributed by atoms with Crippen molar-refractivity contribution in [1.29, 1.82) is 0 Å². The van der Waals surface area contributed by atoms with E-state index in [2.05, 4.69) is 15.4 Å². The molecular formula is C21H19F4N3O4. The minimum Gasteiger partial charge on any atom is -0.435 e. The molecule has 3 rings (SSSR count). The number of ether oxygens (including phenoxy) is 1. The Morgan fingerprint density at radius 2 is 1.84 bits per heavy atom. The molecule has 2 aromatic rings. The maximum absolute atomic E-state index is 14.2. The number of hydrogen-bond acceptors (Lipinski definition) is 4. The summed E-state index contributed by atoms with van der Waals surface area (Å²) in [7, 11) is 0. The van der Waals surface area contributed by atoms with Crippen molar-refractivity contribution in [3.05, 3.63) is 65.2 Å². The highest BCUT2D eigenvalue weighted by atomic mass is 19.3. The van der Waals surface area contributed by atoms with Crippen LogP contribution in [-0.4, -0.2) is 42.4 Å². The lowest BCUT2D eigenvalue weighted by molar-refractivity contribution is -0.134. The van der Waals surface area contributed by atoms with Gasteiger partial charge in [0.15, 0.2) is 0 Å². The third-order valence-corrected chi connectivity index (χ3v) is 4.93. The number of rotatable bonds is 8. The van der Waals surface area contributed by atoms with Crippen molar-refractivity contribution in [2.45, 2.75) is 25.5 Å². The van der Waals surface area contributed by atoms with Crippen LogP contribution in [0.4, 0.5) is 22.4 Å². The molecule has 0 saturated carbocycles. The predicted molar refractivity (Wildman–Crippen MR) is 104 cm³/mol. The van der Waals surface area contributed by atoms with Crippen LogP contribution >= 0.6 is 0 Å². The van der Waals surface area contributed by atoms with E-state index in [0.717, 1.165) is 23.8 Å². The largest absolute Gasteiger partial charge is 0.435 e. The van der Waals surface area contributed by atoms with Gasteiger partial charge < -0.3 is 15.4 Å². The van der Waals surface area contributed by atoms with E-state index >= 15 is 0 Å². The van der Waals surface area contributed by atoms with Crippen LogP contribution < -0.4 is 15.4 Å². The number of hydrogen-bond donors (Lipinski definition) is 2. The number of imide groups is 1. The molecule has 11 heteroatoms. The maximum atomic E-state index is 14.2. The first-order valence-corrected chi connectivity index (χ1v) is 9.50. The first kappa shape index (κ1) is 23.0. The number of nitrogens with zero attached hydrogens (tertiary/aromatic N) is 1. The average molecular weight is 453 g/mol. The van der Waals surface area contributed by atoms with E-state index in [1.54, 1.807) is 12.1 Å². The fourth-order valence-corrected chi connectivity index (χ4v) is 3.29. The molecule has 1 saturated heterocycles. The molecule has 1 atom stereocenters. The lowest BCUT2D eigenvalue weighted by Crippen LogP contribution is -2.44.